The summed E-state index contributed by atoms with van der Waals surface area (Å²) in [4.78, 5) is 0. The maximum atomic E-state index is 2.40. The predicted molar refractivity (Wildman–Crippen MR) is 82.8 cm³/mol. The molecule has 0 amide bonds. The van der Waals surface area contributed by atoms with Crippen LogP contribution in [0.2, 0.25) is 0 Å². The van der Waals surface area contributed by atoms with Crippen LogP contribution in [-0.4, -0.2) is 0 Å². The van der Waals surface area contributed by atoms with E-state index in [1.54, 1.807) is 0 Å². The van der Waals surface area contributed by atoms with E-state index in [1.807, 2.05) is 0 Å². The van der Waals surface area contributed by atoms with Gasteiger partial charge in [0.25, 0.3) is 0 Å². The maximum absolute atomic E-state index is 2.40. The van der Waals surface area contributed by atoms with Gasteiger partial charge in [-0.3, -0.25) is 0 Å². The Morgan fingerprint density at radius 3 is 1.78 bits per heavy atom. The standard InChI is InChI=1S/C18H36/c1-15(2)18(16(3)4)14-10-13-17-11-8-6-5-7-9-12-17/h15-18H,5-14H2,1-4H3. The second-order valence-electron chi connectivity index (χ2n) is 7.29. The highest BCUT2D eigenvalue weighted by Gasteiger charge is 2.18. The topological polar surface area (TPSA) is 0 Å². The van der Waals surface area contributed by atoms with E-state index in [2.05, 4.69) is 27.7 Å². The Balaban J connectivity index is 2.21. The van der Waals surface area contributed by atoms with E-state index in [9.17, 15) is 0 Å². The van der Waals surface area contributed by atoms with Crippen LogP contribution in [0.4, 0.5) is 0 Å². The highest BCUT2D eigenvalue weighted by atomic mass is 14.2. The predicted octanol–water partition coefficient (Wildman–Crippen LogP) is 6.45. The van der Waals surface area contributed by atoms with Crippen LogP contribution in [0.25, 0.3) is 0 Å². The van der Waals surface area contributed by atoms with Crippen molar-refractivity contribution < 1.29 is 0 Å². The average Bonchev–Trinajstić information content (AvgIpc) is 2.25. The first-order chi connectivity index (χ1) is 8.61. The van der Waals surface area contributed by atoms with Crippen LogP contribution in [0.1, 0.15) is 91.9 Å². The van der Waals surface area contributed by atoms with Crippen molar-refractivity contribution in [1.82, 2.24) is 0 Å². The fraction of sp³-hybridized carbons (Fsp3) is 1.00. The lowest BCUT2D eigenvalue weighted by Crippen LogP contribution is -2.16. The van der Waals surface area contributed by atoms with Gasteiger partial charge in [0.2, 0.25) is 0 Å². The molecule has 108 valence electrons. The Morgan fingerprint density at radius 1 is 0.778 bits per heavy atom. The van der Waals surface area contributed by atoms with Crippen LogP contribution < -0.4 is 0 Å². The summed E-state index contributed by atoms with van der Waals surface area (Å²) < 4.78 is 0. The highest BCUT2D eigenvalue weighted by Crippen LogP contribution is 2.30. The van der Waals surface area contributed by atoms with Crippen molar-refractivity contribution in [2.24, 2.45) is 23.7 Å². The van der Waals surface area contributed by atoms with Crippen molar-refractivity contribution in [2.75, 3.05) is 0 Å². The van der Waals surface area contributed by atoms with E-state index in [0.717, 1.165) is 23.7 Å². The summed E-state index contributed by atoms with van der Waals surface area (Å²) in [5, 5.41) is 0. The van der Waals surface area contributed by atoms with E-state index >= 15 is 0 Å². The summed E-state index contributed by atoms with van der Waals surface area (Å²) in [6.45, 7) is 9.61. The SMILES string of the molecule is CC(C)C(CCCC1CCCCCCC1)C(C)C. The largest absolute Gasteiger partial charge is 0.0625 e. The maximum Gasteiger partial charge on any atom is -0.0368 e. The molecule has 0 saturated heterocycles. The normalized spacial score (nSPS) is 19.5. The van der Waals surface area contributed by atoms with Gasteiger partial charge in [0, 0.05) is 0 Å². The molecular formula is C18H36. The molecule has 18 heavy (non-hydrogen) atoms. The van der Waals surface area contributed by atoms with Gasteiger partial charge >= 0.3 is 0 Å². The molecule has 1 rings (SSSR count). The van der Waals surface area contributed by atoms with Gasteiger partial charge in [0.15, 0.2) is 0 Å². The third kappa shape index (κ3) is 6.25. The lowest BCUT2D eigenvalue weighted by atomic mass is 9.80. The van der Waals surface area contributed by atoms with Crippen molar-refractivity contribution in [2.45, 2.75) is 91.9 Å². The number of hydrogen-bond donors (Lipinski definition) is 0. The molecule has 0 heterocycles. The smallest absolute Gasteiger partial charge is 0.0368 e. The second-order valence-corrected chi connectivity index (χ2v) is 7.29. The molecule has 0 unspecified atom stereocenters. The average molecular weight is 252 g/mol. The van der Waals surface area contributed by atoms with E-state index in [-0.39, 0.29) is 0 Å². The first kappa shape index (κ1) is 16.1. The summed E-state index contributed by atoms with van der Waals surface area (Å²) in [6.07, 6.45) is 15.0. The Kier molecular flexibility index (Phi) is 8.02. The summed E-state index contributed by atoms with van der Waals surface area (Å²) in [6, 6.07) is 0. The molecule has 0 heteroatoms. The third-order valence-corrected chi connectivity index (χ3v) is 5.09. The Morgan fingerprint density at radius 2 is 1.28 bits per heavy atom. The molecule has 1 saturated carbocycles. The molecule has 0 aromatic carbocycles. The second kappa shape index (κ2) is 8.99. The van der Waals surface area contributed by atoms with Crippen LogP contribution >= 0.6 is 0 Å². The molecule has 0 nitrogen and oxygen atoms in total. The zero-order chi connectivity index (χ0) is 13.4. The zero-order valence-electron chi connectivity index (χ0n) is 13.4. The van der Waals surface area contributed by atoms with Gasteiger partial charge in [0.05, 0.1) is 0 Å². The van der Waals surface area contributed by atoms with Crippen LogP contribution in [0.5, 0.6) is 0 Å². The van der Waals surface area contributed by atoms with Crippen molar-refractivity contribution >= 4 is 0 Å². The van der Waals surface area contributed by atoms with Gasteiger partial charge in [0.1, 0.15) is 0 Å². The van der Waals surface area contributed by atoms with Crippen molar-refractivity contribution in [1.29, 1.82) is 0 Å². The lowest BCUT2D eigenvalue weighted by molar-refractivity contribution is 0.249. The Hall–Kier alpha value is 0. The van der Waals surface area contributed by atoms with E-state index in [0.29, 0.717) is 0 Å². The van der Waals surface area contributed by atoms with E-state index < -0.39 is 0 Å². The Labute approximate surface area is 116 Å². The third-order valence-electron chi connectivity index (χ3n) is 5.09. The summed E-state index contributed by atoms with van der Waals surface area (Å²) in [7, 11) is 0. The fourth-order valence-electron chi connectivity index (χ4n) is 3.91. The molecule has 1 aliphatic carbocycles. The minimum absolute atomic E-state index is 0.863. The first-order valence-electron chi connectivity index (χ1n) is 8.61. The van der Waals surface area contributed by atoms with Crippen LogP contribution in [-0.2, 0) is 0 Å². The van der Waals surface area contributed by atoms with Crippen LogP contribution in [0.15, 0.2) is 0 Å². The van der Waals surface area contributed by atoms with Crippen molar-refractivity contribution in [3.05, 3.63) is 0 Å². The molecule has 0 radical (unpaired) electrons. The van der Waals surface area contributed by atoms with Crippen LogP contribution in [0, 0.1) is 23.7 Å². The van der Waals surface area contributed by atoms with Crippen molar-refractivity contribution in [3.63, 3.8) is 0 Å². The minimum atomic E-state index is 0.863. The molecule has 0 aromatic heterocycles. The molecule has 0 atom stereocenters. The number of hydrogen-bond acceptors (Lipinski definition) is 0. The quantitative estimate of drug-likeness (QED) is 0.510. The van der Waals surface area contributed by atoms with Gasteiger partial charge < -0.3 is 0 Å². The molecule has 0 N–H and O–H groups in total. The van der Waals surface area contributed by atoms with Crippen LogP contribution in [0.3, 0.4) is 0 Å². The minimum Gasteiger partial charge on any atom is -0.0625 e. The molecule has 1 fully saturated rings. The Bertz CT molecular complexity index is 176. The van der Waals surface area contributed by atoms with Gasteiger partial charge in [-0.1, -0.05) is 85.5 Å². The van der Waals surface area contributed by atoms with Gasteiger partial charge in [-0.25, -0.2) is 0 Å². The molecule has 0 aliphatic heterocycles. The lowest BCUT2D eigenvalue weighted by Gasteiger charge is -2.26. The monoisotopic (exact) mass is 252 g/mol. The summed E-state index contributed by atoms with van der Waals surface area (Å²) in [5.74, 6) is 3.73. The van der Waals surface area contributed by atoms with E-state index in [4.69, 9.17) is 0 Å². The summed E-state index contributed by atoms with van der Waals surface area (Å²) in [5.41, 5.74) is 0. The van der Waals surface area contributed by atoms with Gasteiger partial charge in [-0.2, -0.15) is 0 Å². The molecular weight excluding hydrogens is 216 g/mol. The fourth-order valence-corrected chi connectivity index (χ4v) is 3.91. The molecule has 0 aromatic rings. The van der Waals surface area contributed by atoms with Gasteiger partial charge in [-0.15, -0.1) is 0 Å². The molecule has 0 bridgehead atoms. The zero-order valence-corrected chi connectivity index (χ0v) is 13.4. The van der Waals surface area contributed by atoms with E-state index in [1.165, 1.54) is 64.2 Å². The molecule has 0 spiro atoms. The molecule has 1 aliphatic rings. The van der Waals surface area contributed by atoms with Gasteiger partial charge in [-0.05, 0) is 30.1 Å². The first-order valence-corrected chi connectivity index (χ1v) is 8.61. The number of rotatable bonds is 6. The summed E-state index contributed by atoms with van der Waals surface area (Å²) >= 11 is 0. The highest BCUT2D eigenvalue weighted by molar-refractivity contribution is 4.69. The van der Waals surface area contributed by atoms with Crippen molar-refractivity contribution in [3.8, 4) is 0 Å².